The molecule has 1 aromatic rings. The molecular weight excluding hydrogens is 286 g/mol. The van der Waals surface area contributed by atoms with E-state index in [1.54, 1.807) is 19.0 Å². The zero-order chi connectivity index (χ0) is 15.4. The number of carbonyl (C=O) groups is 1. The number of piperidine rings is 1. The third-order valence-electron chi connectivity index (χ3n) is 3.98. The highest BCUT2D eigenvalue weighted by Gasteiger charge is 2.24. The maximum atomic E-state index is 11.9. The van der Waals surface area contributed by atoms with Gasteiger partial charge in [0.15, 0.2) is 0 Å². The summed E-state index contributed by atoms with van der Waals surface area (Å²) in [6.07, 6.45) is 1.98. The lowest BCUT2D eigenvalue weighted by Crippen LogP contribution is -2.48. The van der Waals surface area contributed by atoms with Gasteiger partial charge in [0.25, 0.3) is 0 Å². The fourth-order valence-corrected chi connectivity index (χ4v) is 2.94. The molecule has 1 N–H and O–H groups in total. The monoisotopic (exact) mass is 309 g/mol. The van der Waals surface area contributed by atoms with Crippen molar-refractivity contribution in [2.45, 2.75) is 31.8 Å². The smallest absolute Gasteiger partial charge is 0.319 e. The first-order chi connectivity index (χ1) is 9.97. The van der Waals surface area contributed by atoms with Crippen molar-refractivity contribution < 1.29 is 4.79 Å². The first-order valence-electron chi connectivity index (χ1n) is 7.45. The zero-order valence-corrected chi connectivity index (χ0v) is 13.7. The van der Waals surface area contributed by atoms with Crippen LogP contribution in [-0.4, -0.2) is 49.1 Å². The molecular formula is C16H24ClN3O. The number of nitrogens with zero attached hydrogens (tertiary/aromatic N) is 2. The van der Waals surface area contributed by atoms with Crippen LogP contribution in [0.5, 0.6) is 0 Å². The molecule has 2 rings (SSSR count). The Morgan fingerprint density at radius 2 is 2.05 bits per heavy atom. The molecule has 1 aliphatic heterocycles. The molecule has 116 valence electrons. The van der Waals surface area contributed by atoms with Crippen LogP contribution in [0.4, 0.5) is 4.79 Å². The quantitative estimate of drug-likeness (QED) is 0.931. The molecule has 4 nitrogen and oxygen atoms in total. The fraction of sp³-hybridized carbons (Fsp3) is 0.562. The van der Waals surface area contributed by atoms with Crippen LogP contribution in [-0.2, 0) is 0 Å². The van der Waals surface area contributed by atoms with Crippen molar-refractivity contribution in [2.24, 2.45) is 0 Å². The molecule has 1 fully saturated rings. The Bertz CT molecular complexity index is 484. The molecule has 0 bridgehead atoms. The van der Waals surface area contributed by atoms with Gasteiger partial charge in [-0.2, -0.15) is 0 Å². The predicted molar refractivity (Wildman–Crippen MR) is 86.7 cm³/mol. The first kappa shape index (κ1) is 16.1. The van der Waals surface area contributed by atoms with Gasteiger partial charge < -0.3 is 15.1 Å². The van der Waals surface area contributed by atoms with E-state index in [4.69, 9.17) is 11.6 Å². The Labute approximate surface area is 132 Å². The number of hydrogen-bond donors (Lipinski definition) is 1. The van der Waals surface area contributed by atoms with Crippen molar-refractivity contribution in [1.82, 2.24) is 15.1 Å². The van der Waals surface area contributed by atoms with E-state index in [9.17, 15) is 4.79 Å². The van der Waals surface area contributed by atoms with E-state index in [0.29, 0.717) is 6.04 Å². The molecule has 0 radical (unpaired) electrons. The fourth-order valence-electron chi connectivity index (χ4n) is 2.75. The van der Waals surface area contributed by atoms with E-state index < -0.39 is 0 Å². The summed E-state index contributed by atoms with van der Waals surface area (Å²) in [5, 5.41) is 4.41. The van der Waals surface area contributed by atoms with Crippen molar-refractivity contribution in [1.29, 1.82) is 0 Å². The Kier molecular flexibility index (Phi) is 5.48. The lowest BCUT2D eigenvalue weighted by Gasteiger charge is -2.35. The standard InChI is InChI=1S/C16H24ClN3O/c1-12(13-5-4-6-14(17)11-13)18-15-7-9-20(10-8-15)16(21)19(2)3/h4-6,11-12,15,18H,7-10H2,1-3H3. The van der Waals surface area contributed by atoms with Gasteiger partial charge in [0.1, 0.15) is 0 Å². The number of rotatable bonds is 3. The van der Waals surface area contributed by atoms with Crippen LogP contribution >= 0.6 is 11.6 Å². The Hall–Kier alpha value is -1.26. The summed E-state index contributed by atoms with van der Waals surface area (Å²) in [4.78, 5) is 15.5. The number of amides is 2. The number of hydrogen-bond acceptors (Lipinski definition) is 2. The highest BCUT2D eigenvalue weighted by molar-refractivity contribution is 6.30. The molecule has 1 unspecified atom stereocenters. The van der Waals surface area contributed by atoms with Gasteiger partial charge in [-0.15, -0.1) is 0 Å². The summed E-state index contributed by atoms with van der Waals surface area (Å²) in [5.74, 6) is 0. The van der Waals surface area contributed by atoms with E-state index in [1.165, 1.54) is 5.56 Å². The maximum absolute atomic E-state index is 11.9. The normalized spacial score (nSPS) is 17.6. The van der Waals surface area contributed by atoms with E-state index in [1.807, 2.05) is 23.1 Å². The highest BCUT2D eigenvalue weighted by atomic mass is 35.5. The van der Waals surface area contributed by atoms with Crippen LogP contribution in [0.3, 0.4) is 0 Å². The van der Waals surface area contributed by atoms with Crippen LogP contribution in [0.15, 0.2) is 24.3 Å². The number of nitrogens with one attached hydrogen (secondary N) is 1. The van der Waals surface area contributed by atoms with Gasteiger partial charge in [0, 0.05) is 44.3 Å². The van der Waals surface area contributed by atoms with Crippen LogP contribution < -0.4 is 5.32 Å². The van der Waals surface area contributed by atoms with Gasteiger partial charge in [-0.25, -0.2) is 4.79 Å². The molecule has 1 saturated heterocycles. The number of halogens is 1. The van der Waals surface area contributed by atoms with Gasteiger partial charge in [-0.1, -0.05) is 23.7 Å². The number of likely N-dealkylation sites (tertiary alicyclic amines) is 1. The van der Waals surface area contributed by atoms with Gasteiger partial charge in [0.05, 0.1) is 0 Å². The molecule has 1 atom stereocenters. The molecule has 0 aromatic heterocycles. The lowest BCUT2D eigenvalue weighted by atomic mass is 10.0. The average Bonchev–Trinajstić information content (AvgIpc) is 2.47. The summed E-state index contributed by atoms with van der Waals surface area (Å²) in [6, 6.07) is 8.79. The van der Waals surface area contributed by atoms with E-state index in [-0.39, 0.29) is 12.1 Å². The number of urea groups is 1. The van der Waals surface area contributed by atoms with Crippen LogP contribution in [0, 0.1) is 0 Å². The largest absolute Gasteiger partial charge is 0.331 e. The molecule has 21 heavy (non-hydrogen) atoms. The minimum absolute atomic E-state index is 0.108. The average molecular weight is 310 g/mol. The molecule has 2 amide bonds. The van der Waals surface area contributed by atoms with Gasteiger partial charge >= 0.3 is 6.03 Å². The van der Waals surface area contributed by atoms with Crippen molar-refractivity contribution in [3.05, 3.63) is 34.9 Å². The van der Waals surface area contributed by atoms with Crippen molar-refractivity contribution in [2.75, 3.05) is 27.2 Å². The van der Waals surface area contributed by atoms with E-state index in [2.05, 4.69) is 18.3 Å². The molecule has 0 spiro atoms. The first-order valence-corrected chi connectivity index (χ1v) is 7.83. The topological polar surface area (TPSA) is 35.6 Å². The second kappa shape index (κ2) is 7.14. The SMILES string of the molecule is CC(NC1CCN(C(=O)N(C)C)CC1)c1cccc(Cl)c1. The van der Waals surface area contributed by atoms with Gasteiger partial charge in [-0.3, -0.25) is 0 Å². The zero-order valence-electron chi connectivity index (χ0n) is 13.0. The van der Waals surface area contributed by atoms with Crippen LogP contribution in [0.2, 0.25) is 5.02 Å². The lowest BCUT2D eigenvalue weighted by molar-refractivity contribution is 0.151. The Balaban J connectivity index is 1.85. The third kappa shape index (κ3) is 4.35. The predicted octanol–water partition coefficient (Wildman–Crippen LogP) is 3.14. The van der Waals surface area contributed by atoms with Crippen molar-refractivity contribution in [3.63, 3.8) is 0 Å². The second-order valence-corrected chi connectivity index (χ2v) is 6.32. The highest BCUT2D eigenvalue weighted by Crippen LogP contribution is 2.20. The molecule has 0 aliphatic carbocycles. The summed E-state index contributed by atoms with van der Waals surface area (Å²) in [5.41, 5.74) is 1.20. The molecule has 1 aliphatic rings. The molecule has 1 aromatic carbocycles. The van der Waals surface area contributed by atoms with E-state index >= 15 is 0 Å². The summed E-state index contributed by atoms with van der Waals surface area (Å²) < 4.78 is 0. The van der Waals surface area contributed by atoms with Crippen molar-refractivity contribution in [3.8, 4) is 0 Å². The summed E-state index contributed by atoms with van der Waals surface area (Å²) in [7, 11) is 3.60. The van der Waals surface area contributed by atoms with Gasteiger partial charge in [-0.05, 0) is 37.5 Å². The maximum Gasteiger partial charge on any atom is 0.319 e. The molecule has 5 heteroatoms. The summed E-state index contributed by atoms with van der Waals surface area (Å²) >= 11 is 6.04. The molecule has 0 saturated carbocycles. The van der Waals surface area contributed by atoms with Crippen molar-refractivity contribution >= 4 is 17.6 Å². The Morgan fingerprint density at radius 3 is 2.62 bits per heavy atom. The summed E-state index contributed by atoms with van der Waals surface area (Å²) in [6.45, 7) is 3.79. The van der Waals surface area contributed by atoms with Gasteiger partial charge in [0.2, 0.25) is 0 Å². The van der Waals surface area contributed by atoms with Crippen LogP contribution in [0.25, 0.3) is 0 Å². The Morgan fingerprint density at radius 1 is 1.38 bits per heavy atom. The number of carbonyl (C=O) groups excluding carboxylic acids is 1. The minimum Gasteiger partial charge on any atom is -0.331 e. The second-order valence-electron chi connectivity index (χ2n) is 5.88. The third-order valence-corrected chi connectivity index (χ3v) is 4.22. The van der Waals surface area contributed by atoms with E-state index in [0.717, 1.165) is 31.0 Å². The van der Waals surface area contributed by atoms with Crippen LogP contribution in [0.1, 0.15) is 31.4 Å². The minimum atomic E-state index is 0.108. The number of benzene rings is 1. The molecule has 1 heterocycles.